The van der Waals surface area contributed by atoms with Crippen LogP contribution in [0.3, 0.4) is 0 Å². The zero-order chi connectivity index (χ0) is 13.8. The van der Waals surface area contributed by atoms with Gasteiger partial charge in [-0.2, -0.15) is 0 Å². The van der Waals surface area contributed by atoms with Gasteiger partial charge >= 0.3 is 0 Å². The maximum Gasteiger partial charge on any atom is 0.229 e. The molecule has 0 aliphatic carbocycles. The fraction of sp³-hybridized carbons (Fsp3) is 0.267. The summed E-state index contributed by atoms with van der Waals surface area (Å²) in [6.07, 6.45) is 0. The van der Waals surface area contributed by atoms with E-state index in [4.69, 9.17) is 9.84 Å². The molecular weight excluding hydrogens is 242 g/mol. The van der Waals surface area contributed by atoms with E-state index in [2.05, 4.69) is 5.32 Å². The minimum absolute atomic E-state index is 0.185. The number of ether oxygens (including phenoxy) is 1. The van der Waals surface area contributed by atoms with Crippen molar-refractivity contribution in [3.63, 3.8) is 0 Å². The number of amides is 1. The quantitative estimate of drug-likeness (QED) is 0.826. The monoisotopic (exact) mass is 259 g/mol. The minimum Gasteiger partial charge on any atom is -0.497 e. The molecule has 100 valence electrons. The van der Waals surface area contributed by atoms with Gasteiger partial charge in [-0.05, 0) is 35.4 Å². The van der Waals surface area contributed by atoms with Crippen LogP contribution in [0, 0.1) is 0 Å². The van der Waals surface area contributed by atoms with Crippen LogP contribution in [0.5, 0.6) is 5.75 Å². The number of hydrogen-bond donors (Lipinski definition) is 2. The second-order valence-corrected chi connectivity index (χ2v) is 4.39. The molecule has 2 rings (SSSR count). The average molecular weight is 259 g/mol. The summed E-state index contributed by atoms with van der Waals surface area (Å²) in [7, 11) is 1.64. The summed E-state index contributed by atoms with van der Waals surface area (Å²) in [4.78, 5) is 11.7. The molecule has 0 saturated carbocycles. The molecule has 0 bridgehead atoms. The van der Waals surface area contributed by atoms with Crippen LogP contribution in [0.15, 0.2) is 36.4 Å². The van der Waals surface area contributed by atoms with Crippen LogP contribution in [0.4, 0.5) is 0 Å². The third-order valence-electron chi connectivity index (χ3n) is 3.22. The molecule has 0 radical (unpaired) electrons. The van der Waals surface area contributed by atoms with Crippen LogP contribution >= 0.6 is 0 Å². The Kier molecular flexibility index (Phi) is 4.02. The van der Waals surface area contributed by atoms with Crippen molar-refractivity contribution in [1.82, 2.24) is 5.32 Å². The van der Waals surface area contributed by atoms with Gasteiger partial charge in [-0.15, -0.1) is 0 Å². The van der Waals surface area contributed by atoms with E-state index in [1.54, 1.807) is 7.11 Å². The standard InChI is InChI=1S/C15H17NO3/c1-10(15(18)16-9-17)11-3-4-13-8-14(19-2)6-5-12(13)7-11/h3-8,10,17H,9H2,1-2H3,(H,16,18). The Labute approximate surface area is 112 Å². The molecule has 19 heavy (non-hydrogen) atoms. The van der Waals surface area contributed by atoms with Crippen molar-refractivity contribution < 1.29 is 14.6 Å². The van der Waals surface area contributed by atoms with E-state index in [0.29, 0.717) is 0 Å². The van der Waals surface area contributed by atoms with Gasteiger partial charge in [0, 0.05) is 0 Å². The molecule has 0 spiro atoms. The van der Waals surface area contributed by atoms with Crippen LogP contribution in [0.1, 0.15) is 18.4 Å². The lowest BCUT2D eigenvalue weighted by atomic mass is 9.97. The van der Waals surface area contributed by atoms with Gasteiger partial charge in [-0.25, -0.2) is 0 Å². The van der Waals surface area contributed by atoms with Crippen LogP contribution in [0.25, 0.3) is 10.8 Å². The number of aliphatic hydroxyl groups is 1. The molecule has 0 aliphatic rings. The van der Waals surface area contributed by atoms with Gasteiger partial charge in [0.15, 0.2) is 0 Å². The highest BCUT2D eigenvalue weighted by Gasteiger charge is 2.14. The maximum atomic E-state index is 11.7. The smallest absolute Gasteiger partial charge is 0.229 e. The first kappa shape index (κ1) is 13.4. The van der Waals surface area contributed by atoms with Crippen LogP contribution in [-0.2, 0) is 4.79 Å². The number of hydrogen-bond acceptors (Lipinski definition) is 3. The number of methoxy groups -OCH3 is 1. The van der Waals surface area contributed by atoms with E-state index in [1.165, 1.54) is 0 Å². The zero-order valence-corrected chi connectivity index (χ0v) is 11.0. The third-order valence-corrected chi connectivity index (χ3v) is 3.22. The van der Waals surface area contributed by atoms with E-state index in [1.807, 2.05) is 43.3 Å². The molecule has 1 amide bonds. The van der Waals surface area contributed by atoms with E-state index >= 15 is 0 Å². The van der Waals surface area contributed by atoms with Crippen molar-refractivity contribution in [2.24, 2.45) is 0 Å². The van der Waals surface area contributed by atoms with Gasteiger partial charge < -0.3 is 15.2 Å². The molecular formula is C15H17NO3. The number of rotatable bonds is 4. The fourth-order valence-corrected chi connectivity index (χ4v) is 2.02. The first-order valence-electron chi connectivity index (χ1n) is 6.12. The van der Waals surface area contributed by atoms with Gasteiger partial charge in [-0.3, -0.25) is 4.79 Å². The lowest BCUT2D eigenvalue weighted by Gasteiger charge is -2.12. The Balaban J connectivity index is 2.33. The SMILES string of the molecule is COc1ccc2cc(C(C)C(=O)NCO)ccc2c1. The van der Waals surface area contributed by atoms with E-state index in [9.17, 15) is 4.79 Å². The minimum atomic E-state index is -0.339. The number of fused-ring (bicyclic) bond motifs is 1. The molecule has 0 fully saturated rings. The van der Waals surface area contributed by atoms with Crippen molar-refractivity contribution >= 4 is 16.7 Å². The molecule has 1 atom stereocenters. The van der Waals surface area contributed by atoms with Crippen molar-refractivity contribution in [2.45, 2.75) is 12.8 Å². The summed E-state index contributed by atoms with van der Waals surface area (Å²) < 4.78 is 5.18. The molecule has 2 aromatic rings. The topological polar surface area (TPSA) is 58.6 Å². The lowest BCUT2D eigenvalue weighted by molar-refractivity contribution is -0.123. The average Bonchev–Trinajstić information content (AvgIpc) is 2.45. The highest BCUT2D eigenvalue weighted by atomic mass is 16.5. The molecule has 0 saturated heterocycles. The van der Waals surface area contributed by atoms with Gasteiger partial charge in [-0.1, -0.05) is 24.3 Å². The Morgan fingerprint density at radius 2 is 1.95 bits per heavy atom. The Hall–Kier alpha value is -2.07. The summed E-state index contributed by atoms with van der Waals surface area (Å²) in [6.45, 7) is 1.48. The summed E-state index contributed by atoms with van der Waals surface area (Å²) in [5, 5.41) is 13.2. The number of carbonyl (C=O) groups is 1. The summed E-state index contributed by atoms with van der Waals surface area (Å²) in [6, 6.07) is 11.7. The normalized spacial score (nSPS) is 12.2. The molecule has 2 N–H and O–H groups in total. The number of aliphatic hydroxyl groups excluding tert-OH is 1. The number of benzene rings is 2. The fourth-order valence-electron chi connectivity index (χ4n) is 2.02. The van der Waals surface area contributed by atoms with Crippen molar-refractivity contribution in [3.8, 4) is 5.75 Å². The molecule has 2 aromatic carbocycles. The molecule has 0 heterocycles. The van der Waals surface area contributed by atoms with E-state index in [0.717, 1.165) is 22.1 Å². The van der Waals surface area contributed by atoms with Gasteiger partial charge in [0.2, 0.25) is 5.91 Å². The van der Waals surface area contributed by atoms with Crippen molar-refractivity contribution in [2.75, 3.05) is 13.8 Å². The number of nitrogens with one attached hydrogen (secondary N) is 1. The van der Waals surface area contributed by atoms with Crippen LogP contribution in [0.2, 0.25) is 0 Å². The predicted molar refractivity (Wildman–Crippen MR) is 74.1 cm³/mol. The van der Waals surface area contributed by atoms with Crippen molar-refractivity contribution in [3.05, 3.63) is 42.0 Å². The second-order valence-electron chi connectivity index (χ2n) is 4.39. The summed E-state index contributed by atoms with van der Waals surface area (Å²) in [5.74, 6) is 0.334. The second kappa shape index (κ2) is 5.71. The Morgan fingerprint density at radius 1 is 1.26 bits per heavy atom. The highest BCUT2D eigenvalue weighted by Crippen LogP contribution is 2.25. The zero-order valence-electron chi connectivity index (χ0n) is 11.0. The summed E-state index contributed by atoms with van der Waals surface area (Å²) in [5.41, 5.74) is 0.920. The van der Waals surface area contributed by atoms with Gasteiger partial charge in [0.05, 0.1) is 13.0 Å². The van der Waals surface area contributed by atoms with Crippen LogP contribution < -0.4 is 10.1 Å². The molecule has 0 aromatic heterocycles. The van der Waals surface area contributed by atoms with Gasteiger partial charge in [0.1, 0.15) is 12.5 Å². The largest absolute Gasteiger partial charge is 0.497 e. The third kappa shape index (κ3) is 2.85. The molecule has 1 unspecified atom stereocenters. The van der Waals surface area contributed by atoms with Crippen molar-refractivity contribution in [1.29, 1.82) is 0 Å². The first-order chi connectivity index (χ1) is 9.15. The Bertz CT molecular complexity index is 595. The molecule has 4 heteroatoms. The van der Waals surface area contributed by atoms with E-state index < -0.39 is 0 Å². The lowest BCUT2D eigenvalue weighted by Crippen LogP contribution is -2.28. The Morgan fingerprint density at radius 3 is 2.63 bits per heavy atom. The van der Waals surface area contributed by atoms with Gasteiger partial charge in [0.25, 0.3) is 0 Å². The van der Waals surface area contributed by atoms with E-state index in [-0.39, 0.29) is 18.6 Å². The number of carbonyl (C=O) groups excluding carboxylic acids is 1. The maximum absolute atomic E-state index is 11.7. The first-order valence-corrected chi connectivity index (χ1v) is 6.12. The summed E-state index contributed by atoms with van der Waals surface area (Å²) >= 11 is 0. The molecule has 0 aliphatic heterocycles. The van der Waals surface area contributed by atoms with Crippen LogP contribution in [-0.4, -0.2) is 24.9 Å². The predicted octanol–water partition coefficient (Wildman–Crippen LogP) is 2.02. The highest BCUT2D eigenvalue weighted by molar-refractivity contribution is 5.88. The molecule has 4 nitrogen and oxygen atoms in total.